The highest BCUT2D eigenvalue weighted by Gasteiger charge is 2.22. The molecule has 2 heterocycles. The Labute approximate surface area is 204 Å². The van der Waals surface area contributed by atoms with Gasteiger partial charge in [-0.25, -0.2) is 26.8 Å². The molecule has 0 saturated heterocycles. The van der Waals surface area contributed by atoms with Gasteiger partial charge in [-0.1, -0.05) is 40.4 Å². The van der Waals surface area contributed by atoms with Gasteiger partial charge < -0.3 is 0 Å². The average Bonchev–Trinajstić information content (AvgIpc) is 3.28. The number of fused-ring (bicyclic) bond motifs is 1. The highest BCUT2D eigenvalue weighted by atomic mass is 32.2. The molecule has 9 nitrogen and oxygen atoms in total. The quantitative estimate of drug-likeness (QED) is 0.378. The van der Waals surface area contributed by atoms with Crippen LogP contribution in [0.4, 0.5) is 10.3 Å². The number of sulfone groups is 1. The fourth-order valence-electron chi connectivity index (χ4n) is 3.26. The van der Waals surface area contributed by atoms with Crippen LogP contribution in [0.3, 0.4) is 0 Å². The van der Waals surface area contributed by atoms with E-state index in [2.05, 4.69) is 20.0 Å². The van der Waals surface area contributed by atoms with Crippen molar-refractivity contribution in [3.8, 4) is 0 Å². The molecule has 34 heavy (non-hydrogen) atoms. The standard InChI is InChI=1S/C21H20N4O5S4/c1-11-5-8-17(12(2)9-11)34(29,30)25-21-22-13(3)18(32-21)19(26)24-20-23-15-7-6-14(33(4,27)28)10-16(15)31-20/h5-10H,1-4H3,(H,22,25)(H,23,24,26). The summed E-state index contributed by atoms with van der Waals surface area (Å²) < 4.78 is 52.2. The third-order valence-electron chi connectivity index (χ3n) is 4.85. The van der Waals surface area contributed by atoms with Crippen molar-refractivity contribution in [3.63, 3.8) is 0 Å². The minimum Gasteiger partial charge on any atom is -0.297 e. The molecule has 0 radical (unpaired) electrons. The number of thiazole rings is 2. The van der Waals surface area contributed by atoms with Crippen LogP contribution in [0, 0.1) is 20.8 Å². The number of benzene rings is 2. The van der Waals surface area contributed by atoms with Crippen molar-refractivity contribution in [1.29, 1.82) is 0 Å². The molecule has 1 amide bonds. The molecular formula is C21H20N4O5S4. The lowest BCUT2D eigenvalue weighted by Crippen LogP contribution is -2.14. The molecule has 0 aliphatic carbocycles. The maximum Gasteiger partial charge on any atom is 0.269 e. The summed E-state index contributed by atoms with van der Waals surface area (Å²) in [6, 6.07) is 9.57. The van der Waals surface area contributed by atoms with E-state index in [0.29, 0.717) is 21.5 Å². The predicted molar refractivity (Wildman–Crippen MR) is 134 cm³/mol. The van der Waals surface area contributed by atoms with Crippen LogP contribution >= 0.6 is 22.7 Å². The number of carbonyl (C=O) groups is 1. The minimum atomic E-state index is -3.88. The molecule has 0 unspecified atom stereocenters. The van der Waals surface area contributed by atoms with Gasteiger partial charge >= 0.3 is 0 Å². The minimum absolute atomic E-state index is 0.0738. The summed E-state index contributed by atoms with van der Waals surface area (Å²) in [6.07, 6.45) is 1.12. The lowest BCUT2D eigenvalue weighted by atomic mass is 10.2. The Hall–Kier alpha value is -2.87. The lowest BCUT2D eigenvalue weighted by Gasteiger charge is -2.08. The number of nitrogens with one attached hydrogen (secondary N) is 2. The van der Waals surface area contributed by atoms with E-state index in [9.17, 15) is 21.6 Å². The molecule has 4 aromatic rings. The average molecular weight is 537 g/mol. The van der Waals surface area contributed by atoms with Crippen molar-refractivity contribution < 1.29 is 21.6 Å². The molecule has 0 fully saturated rings. The van der Waals surface area contributed by atoms with Gasteiger partial charge in [0.25, 0.3) is 15.9 Å². The number of carbonyl (C=O) groups excluding carboxylic acids is 1. The van der Waals surface area contributed by atoms with Crippen LogP contribution < -0.4 is 10.0 Å². The molecule has 0 bridgehead atoms. The van der Waals surface area contributed by atoms with Crippen LogP contribution in [0.5, 0.6) is 0 Å². The topological polar surface area (TPSA) is 135 Å². The number of rotatable bonds is 6. The molecule has 2 aromatic heterocycles. The van der Waals surface area contributed by atoms with E-state index in [-0.39, 0.29) is 24.9 Å². The summed E-state index contributed by atoms with van der Waals surface area (Å²) >= 11 is 2.05. The number of amides is 1. The van der Waals surface area contributed by atoms with Crippen molar-refractivity contribution >= 4 is 68.9 Å². The summed E-state index contributed by atoms with van der Waals surface area (Å²) in [5.74, 6) is -0.491. The molecular weight excluding hydrogens is 517 g/mol. The third-order valence-corrected chi connectivity index (χ3v) is 9.60. The van der Waals surface area contributed by atoms with Gasteiger partial charge in [0.1, 0.15) is 4.88 Å². The maximum absolute atomic E-state index is 12.8. The van der Waals surface area contributed by atoms with Crippen molar-refractivity contribution in [2.75, 3.05) is 16.3 Å². The fraction of sp³-hybridized carbons (Fsp3) is 0.190. The highest BCUT2D eigenvalue weighted by molar-refractivity contribution is 7.93. The van der Waals surface area contributed by atoms with Gasteiger partial charge in [-0.05, 0) is 50.6 Å². The number of aryl methyl sites for hydroxylation is 3. The summed E-state index contributed by atoms with van der Waals surface area (Å²) in [5, 5.41) is 3.04. The first kappa shape index (κ1) is 24.3. The van der Waals surface area contributed by atoms with Crippen LogP contribution in [0.25, 0.3) is 10.2 Å². The van der Waals surface area contributed by atoms with Crippen molar-refractivity contribution in [2.24, 2.45) is 0 Å². The first-order valence-electron chi connectivity index (χ1n) is 9.83. The maximum atomic E-state index is 12.8. The fourth-order valence-corrected chi connectivity index (χ4v) is 7.21. The monoisotopic (exact) mass is 536 g/mol. The Morgan fingerprint density at radius 2 is 1.65 bits per heavy atom. The number of hydrogen-bond acceptors (Lipinski definition) is 9. The molecule has 2 N–H and O–H groups in total. The van der Waals surface area contributed by atoms with Crippen LogP contribution in [-0.4, -0.2) is 39.0 Å². The van der Waals surface area contributed by atoms with Gasteiger partial charge in [0, 0.05) is 6.26 Å². The Balaban J connectivity index is 1.55. The SMILES string of the molecule is Cc1ccc(S(=O)(=O)Nc2nc(C)c(C(=O)Nc3nc4ccc(S(C)(=O)=O)cc4s3)s2)c(C)c1. The number of hydrogen-bond donors (Lipinski definition) is 2. The summed E-state index contributed by atoms with van der Waals surface area (Å²) in [4.78, 5) is 21.9. The van der Waals surface area contributed by atoms with Gasteiger partial charge in [0.2, 0.25) is 0 Å². The summed E-state index contributed by atoms with van der Waals surface area (Å²) in [7, 11) is -7.24. The number of aromatic nitrogens is 2. The van der Waals surface area contributed by atoms with Gasteiger partial charge in [0.05, 0.1) is 25.7 Å². The molecule has 2 aromatic carbocycles. The Morgan fingerprint density at radius 3 is 2.32 bits per heavy atom. The molecule has 178 valence electrons. The van der Waals surface area contributed by atoms with E-state index in [1.807, 2.05) is 6.92 Å². The van der Waals surface area contributed by atoms with Crippen LogP contribution in [-0.2, 0) is 19.9 Å². The molecule has 0 aliphatic rings. The molecule has 0 aliphatic heterocycles. The van der Waals surface area contributed by atoms with E-state index in [0.717, 1.165) is 34.5 Å². The van der Waals surface area contributed by atoms with E-state index in [1.165, 1.54) is 18.2 Å². The smallest absolute Gasteiger partial charge is 0.269 e. The Kier molecular flexibility index (Phi) is 6.23. The lowest BCUT2D eigenvalue weighted by molar-refractivity contribution is 0.103. The van der Waals surface area contributed by atoms with Crippen molar-refractivity contribution in [3.05, 3.63) is 58.1 Å². The molecule has 4 rings (SSSR count). The van der Waals surface area contributed by atoms with E-state index in [1.54, 1.807) is 32.0 Å². The van der Waals surface area contributed by atoms with E-state index >= 15 is 0 Å². The zero-order valence-electron chi connectivity index (χ0n) is 18.5. The zero-order chi connectivity index (χ0) is 24.8. The second-order valence-electron chi connectivity index (χ2n) is 7.68. The van der Waals surface area contributed by atoms with Crippen molar-refractivity contribution in [2.45, 2.75) is 30.6 Å². The zero-order valence-corrected chi connectivity index (χ0v) is 21.8. The Morgan fingerprint density at radius 1 is 0.912 bits per heavy atom. The summed E-state index contributed by atoms with van der Waals surface area (Å²) in [6.45, 7) is 5.20. The largest absolute Gasteiger partial charge is 0.297 e. The van der Waals surface area contributed by atoms with Gasteiger partial charge in [0.15, 0.2) is 20.1 Å². The number of sulfonamides is 1. The van der Waals surface area contributed by atoms with E-state index < -0.39 is 25.8 Å². The molecule has 0 spiro atoms. The first-order valence-corrected chi connectivity index (χ1v) is 14.8. The van der Waals surface area contributed by atoms with Crippen molar-refractivity contribution in [1.82, 2.24) is 9.97 Å². The van der Waals surface area contributed by atoms with Crippen LogP contribution in [0.2, 0.25) is 0 Å². The first-order chi connectivity index (χ1) is 15.8. The second-order valence-corrected chi connectivity index (χ2v) is 13.4. The molecule has 0 saturated carbocycles. The number of nitrogens with zero attached hydrogens (tertiary/aromatic N) is 2. The van der Waals surface area contributed by atoms with Gasteiger partial charge in [-0.15, -0.1) is 0 Å². The predicted octanol–water partition coefficient (Wildman–Crippen LogP) is 4.13. The Bertz CT molecular complexity index is 1650. The van der Waals surface area contributed by atoms with Crippen LogP contribution in [0.15, 0.2) is 46.2 Å². The molecule has 13 heteroatoms. The normalized spacial score (nSPS) is 12.1. The second kappa shape index (κ2) is 8.73. The number of anilines is 2. The highest BCUT2D eigenvalue weighted by Crippen LogP contribution is 2.30. The summed E-state index contributed by atoms with van der Waals surface area (Å²) in [5.41, 5.74) is 2.47. The van der Waals surface area contributed by atoms with Gasteiger partial charge in [-0.2, -0.15) is 0 Å². The van der Waals surface area contributed by atoms with E-state index in [4.69, 9.17) is 0 Å². The van der Waals surface area contributed by atoms with Gasteiger partial charge in [-0.3, -0.25) is 14.8 Å². The third kappa shape index (κ3) is 4.97. The molecule has 0 atom stereocenters. The van der Waals surface area contributed by atoms with Crippen LogP contribution in [0.1, 0.15) is 26.5 Å².